The van der Waals surface area contributed by atoms with E-state index in [1.54, 1.807) is 4.90 Å². The van der Waals surface area contributed by atoms with Crippen molar-refractivity contribution in [3.05, 3.63) is 40.9 Å². The van der Waals surface area contributed by atoms with Gasteiger partial charge in [0.1, 0.15) is 0 Å². The number of carbonyl (C=O) groups is 2. The maximum atomic E-state index is 12.4. The highest BCUT2D eigenvalue weighted by Crippen LogP contribution is 2.27. The summed E-state index contributed by atoms with van der Waals surface area (Å²) in [5.41, 5.74) is 1.84. The first kappa shape index (κ1) is 15.8. The number of likely N-dealkylation sites (tertiary alicyclic amines) is 1. The van der Waals surface area contributed by atoms with Gasteiger partial charge in [-0.3, -0.25) is 9.59 Å². The molecule has 1 N–H and O–H groups in total. The molecule has 0 spiro atoms. The lowest BCUT2D eigenvalue weighted by Gasteiger charge is -2.31. The Morgan fingerprint density at radius 1 is 1.48 bits per heavy atom. The van der Waals surface area contributed by atoms with Crippen molar-refractivity contribution in [1.29, 1.82) is 0 Å². The zero-order valence-corrected chi connectivity index (χ0v) is 13.6. The highest BCUT2D eigenvalue weighted by molar-refractivity contribution is 9.10. The Bertz CT molecular complexity index is 571. The molecule has 1 aliphatic heterocycles. The molecule has 1 fully saturated rings. The van der Waals surface area contributed by atoms with Crippen molar-refractivity contribution in [2.45, 2.75) is 19.8 Å². The van der Waals surface area contributed by atoms with E-state index in [4.69, 9.17) is 0 Å². The topological polar surface area (TPSA) is 49.4 Å². The number of amides is 2. The maximum Gasteiger partial charge on any atom is 0.245 e. The molecule has 112 valence electrons. The van der Waals surface area contributed by atoms with Crippen molar-refractivity contribution < 1.29 is 9.59 Å². The largest absolute Gasteiger partial charge is 0.338 e. The van der Waals surface area contributed by atoms with E-state index in [9.17, 15) is 9.59 Å². The van der Waals surface area contributed by atoms with Crippen molar-refractivity contribution in [2.24, 2.45) is 5.92 Å². The normalized spacial score (nSPS) is 18.2. The number of benzene rings is 1. The van der Waals surface area contributed by atoms with Gasteiger partial charge in [-0.1, -0.05) is 18.7 Å². The molecule has 0 aromatic heterocycles. The number of nitrogens with zero attached hydrogens (tertiary/aromatic N) is 1. The number of piperidine rings is 1. The number of halogens is 1. The van der Waals surface area contributed by atoms with Crippen molar-refractivity contribution >= 4 is 33.4 Å². The Labute approximate surface area is 133 Å². The monoisotopic (exact) mass is 350 g/mol. The molecule has 2 rings (SSSR count). The number of rotatable bonds is 3. The molecule has 2 amide bonds. The van der Waals surface area contributed by atoms with Gasteiger partial charge < -0.3 is 10.2 Å². The van der Waals surface area contributed by atoms with Gasteiger partial charge in [0.2, 0.25) is 11.8 Å². The predicted molar refractivity (Wildman–Crippen MR) is 87.0 cm³/mol. The number of hydrogen-bond donors (Lipinski definition) is 1. The van der Waals surface area contributed by atoms with Crippen molar-refractivity contribution in [3.63, 3.8) is 0 Å². The summed E-state index contributed by atoms with van der Waals surface area (Å²) in [6, 6.07) is 5.75. The second kappa shape index (κ2) is 6.89. The average molecular weight is 351 g/mol. The van der Waals surface area contributed by atoms with Crippen molar-refractivity contribution in [1.82, 2.24) is 4.90 Å². The lowest BCUT2D eigenvalue weighted by Crippen LogP contribution is -2.43. The van der Waals surface area contributed by atoms with Crippen LogP contribution in [0.25, 0.3) is 0 Å². The van der Waals surface area contributed by atoms with Gasteiger partial charge in [0.15, 0.2) is 0 Å². The van der Waals surface area contributed by atoms with Gasteiger partial charge in [0.05, 0.1) is 11.6 Å². The third kappa shape index (κ3) is 3.73. The SMILES string of the molecule is C=CC(=O)N1CCCC(C(=O)Nc2cccc(C)c2Br)C1. The summed E-state index contributed by atoms with van der Waals surface area (Å²) in [7, 11) is 0. The molecule has 1 aromatic carbocycles. The first-order chi connectivity index (χ1) is 10.0. The Kier molecular flexibility index (Phi) is 5.17. The molecule has 1 aliphatic rings. The highest BCUT2D eigenvalue weighted by Gasteiger charge is 2.27. The van der Waals surface area contributed by atoms with E-state index < -0.39 is 0 Å². The van der Waals surface area contributed by atoms with Crippen molar-refractivity contribution in [3.8, 4) is 0 Å². The summed E-state index contributed by atoms with van der Waals surface area (Å²) in [4.78, 5) is 25.7. The lowest BCUT2D eigenvalue weighted by molar-refractivity contribution is -0.130. The summed E-state index contributed by atoms with van der Waals surface area (Å²) >= 11 is 3.49. The van der Waals surface area contributed by atoms with Crippen LogP contribution in [0, 0.1) is 12.8 Å². The van der Waals surface area contributed by atoms with E-state index in [2.05, 4.69) is 27.8 Å². The van der Waals surface area contributed by atoms with Crippen LogP contribution >= 0.6 is 15.9 Å². The van der Waals surface area contributed by atoms with Crippen LogP contribution in [0.1, 0.15) is 18.4 Å². The number of anilines is 1. The number of carbonyl (C=O) groups excluding carboxylic acids is 2. The van der Waals surface area contributed by atoms with Crippen LogP contribution in [0.2, 0.25) is 0 Å². The molecule has 4 nitrogen and oxygen atoms in total. The van der Waals surface area contributed by atoms with Crippen LogP contribution in [0.15, 0.2) is 35.3 Å². The van der Waals surface area contributed by atoms with Crippen LogP contribution in [0.4, 0.5) is 5.69 Å². The third-order valence-electron chi connectivity index (χ3n) is 3.73. The predicted octanol–water partition coefficient (Wildman–Crippen LogP) is 3.12. The van der Waals surface area contributed by atoms with Crippen molar-refractivity contribution in [2.75, 3.05) is 18.4 Å². The van der Waals surface area contributed by atoms with Crippen LogP contribution in [0.3, 0.4) is 0 Å². The van der Waals surface area contributed by atoms with E-state index >= 15 is 0 Å². The lowest BCUT2D eigenvalue weighted by atomic mass is 9.97. The standard InChI is InChI=1S/C16H19BrN2O2/c1-3-14(20)19-9-5-7-12(10-19)16(21)18-13-8-4-6-11(2)15(13)17/h3-4,6,8,12H,1,5,7,9-10H2,2H3,(H,18,21). The molecular weight excluding hydrogens is 332 g/mol. The zero-order valence-electron chi connectivity index (χ0n) is 12.1. The van der Waals surface area contributed by atoms with Gasteiger partial charge in [-0.05, 0) is 53.4 Å². The third-order valence-corrected chi connectivity index (χ3v) is 4.78. The first-order valence-electron chi connectivity index (χ1n) is 7.00. The van der Waals surface area contributed by atoms with E-state index in [1.165, 1.54) is 6.08 Å². The fraction of sp³-hybridized carbons (Fsp3) is 0.375. The molecule has 1 saturated heterocycles. The molecule has 0 bridgehead atoms. The van der Waals surface area contributed by atoms with Crippen LogP contribution in [0.5, 0.6) is 0 Å². The quantitative estimate of drug-likeness (QED) is 0.851. The average Bonchev–Trinajstić information content (AvgIpc) is 2.51. The van der Waals surface area contributed by atoms with E-state index in [0.29, 0.717) is 13.1 Å². The fourth-order valence-electron chi connectivity index (χ4n) is 2.50. The minimum absolute atomic E-state index is 0.0390. The zero-order chi connectivity index (χ0) is 15.4. The molecule has 1 unspecified atom stereocenters. The summed E-state index contributed by atoms with van der Waals surface area (Å²) in [5.74, 6) is -0.317. The van der Waals surface area contributed by atoms with Gasteiger partial charge in [-0.2, -0.15) is 0 Å². The summed E-state index contributed by atoms with van der Waals surface area (Å²) in [5, 5.41) is 2.95. The first-order valence-corrected chi connectivity index (χ1v) is 7.79. The van der Waals surface area contributed by atoms with Gasteiger partial charge >= 0.3 is 0 Å². The molecule has 0 saturated carbocycles. The van der Waals surface area contributed by atoms with Crippen LogP contribution < -0.4 is 5.32 Å². The summed E-state index contributed by atoms with van der Waals surface area (Å²) in [6.45, 7) is 6.63. The molecule has 1 aromatic rings. The van der Waals surface area contributed by atoms with Gasteiger partial charge in [0, 0.05) is 17.6 Å². The molecule has 0 radical (unpaired) electrons. The minimum Gasteiger partial charge on any atom is -0.338 e. The molecule has 21 heavy (non-hydrogen) atoms. The number of nitrogens with one attached hydrogen (secondary N) is 1. The summed E-state index contributed by atoms with van der Waals surface area (Å²) in [6.07, 6.45) is 2.94. The van der Waals surface area contributed by atoms with Crippen LogP contribution in [-0.2, 0) is 9.59 Å². The van der Waals surface area contributed by atoms with Crippen LogP contribution in [-0.4, -0.2) is 29.8 Å². The Hall–Kier alpha value is -1.62. The van der Waals surface area contributed by atoms with Gasteiger partial charge in [-0.15, -0.1) is 0 Å². The van der Waals surface area contributed by atoms with Gasteiger partial charge in [-0.25, -0.2) is 0 Å². The maximum absolute atomic E-state index is 12.4. The smallest absolute Gasteiger partial charge is 0.245 e. The second-order valence-corrected chi connectivity index (χ2v) is 6.05. The van der Waals surface area contributed by atoms with E-state index in [-0.39, 0.29) is 17.7 Å². The van der Waals surface area contributed by atoms with Gasteiger partial charge in [0.25, 0.3) is 0 Å². The number of aryl methyl sites for hydroxylation is 1. The fourth-order valence-corrected chi connectivity index (χ4v) is 2.86. The molecular formula is C16H19BrN2O2. The Morgan fingerprint density at radius 3 is 2.95 bits per heavy atom. The molecule has 5 heteroatoms. The molecule has 1 atom stereocenters. The minimum atomic E-state index is -0.171. The number of hydrogen-bond acceptors (Lipinski definition) is 2. The summed E-state index contributed by atoms with van der Waals surface area (Å²) < 4.78 is 0.896. The second-order valence-electron chi connectivity index (χ2n) is 5.25. The van der Waals surface area contributed by atoms with E-state index in [0.717, 1.165) is 28.6 Å². The van der Waals surface area contributed by atoms with E-state index in [1.807, 2.05) is 25.1 Å². The molecule has 0 aliphatic carbocycles. The Balaban J connectivity index is 2.04. The Morgan fingerprint density at radius 2 is 2.24 bits per heavy atom. The highest BCUT2D eigenvalue weighted by atomic mass is 79.9. The molecule has 1 heterocycles.